The lowest BCUT2D eigenvalue weighted by Gasteiger charge is -2.20. The van der Waals surface area contributed by atoms with E-state index in [1.807, 2.05) is 24.9 Å². The number of ether oxygens (including phenoxy) is 2. The van der Waals surface area contributed by atoms with Gasteiger partial charge in [-0.2, -0.15) is 0 Å². The van der Waals surface area contributed by atoms with E-state index in [0.29, 0.717) is 19.7 Å². The Morgan fingerprint density at radius 1 is 1.45 bits per heavy atom. The quantitative estimate of drug-likeness (QED) is 0.721. The van der Waals surface area contributed by atoms with Crippen molar-refractivity contribution in [1.29, 1.82) is 0 Å². The molecule has 0 bridgehead atoms. The van der Waals surface area contributed by atoms with Crippen molar-refractivity contribution in [3.63, 3.8) is 0 Å². The fourth-order valence-corrected chi connectivity index (χ4v) is 2.01. The first kappa shape index (κ1) is 16.4. The average Bonchev–Trinajstić information content (AvgIpc) is 2.39. The van der Waals surface area contributed by atoms with Gasteiger partial charge in [0.2, 0.25) is 0 Å². The van der Waals surface area contributed by atoms with Gasteiger partial charge in [0.05, 0.1) is 19.6 Å². The largest absolute Gasteiger partial charge is 0.494 e. The molecule has 0 heterocycles. The minimum Gasteiger partial charge on any atom is -0.494 e. The van der Waals surface area contributed by atoms with Crippen LogP contribution >= 0.6 is 0 Å². The third kappa shape index (κ3) is 4.81. The van der Waals surface area contributed by atoms with Crippen molar-refractivity contribution in [2.45, 2.75) is 20.4 Å². The van der Waals surface area contributed by atoms with Gasteiger partial charge in [0.1, 0.15) is 0 Å². The van der Waals surface area contributed by atoms with Gasteiger partial charge in [-0.1, -0.05) is 13.0 Å². The maximum atomic E-state index is 13.6. The normalized spacial score (nSPS) is 12.3. The summed E-state index contributed by atoms with van der Waals surface area (Å²) in [5, 5.41) is 0. The van der Waals surface area contributed by atoms with Crippen LogP contribution in [0.4, 0.5) is 4.39 Å². The first-order valence-electron chi connectivity index (χ1n) is 6.65. The lowest BCUT2D eigenvalue weighted by molar-refractivity contribution is -0.147. The predicted molar refractivity (Wildman–Crippen MR) is 75.1 cm³/mol. The molecule has 0 N–H and O–H groups in total. The van der Waals surface area contributed by atoms with Gasteiger partial charge in [-0.05, 0) is 31.7 Å². The summed E-state index contributed by atoms with van der Waals surface area (Å²) in [4.78, 5) is 13.5. The number of hydrogen-bond donors (Lipinski definition) is 0. The lowest BCUT2D eigenvalue weighted by Crippen LogP contribution is -2.29. The Bertz CT molecular complexity index is 451. The van der Waals surface area contributed by atoms with Crippen molar-refractivity contribution in [3.8, 4) is 5.75 Å². The minimum atomic E-state index is -0.378. The number of halogens is 1. The molecule has 5 heteroatoms. The van der Waals surface area contributed by atoms with Crippen molar-refractivity contribution in [2.24, 2.45) is 5.92 Å². The molecule has 0 aliphatic heterocycles. The number of esters is 1. The Balaban J connectivity index is 2.55. The summed E-state index contributed by atoms with van der Waals surface area (Å²) in [5.74, 6) is -0.559. The van der Waals surface area contributed by atoms with Crippen LogP contribution in [0.5, 0.6) is 5.75 Å². The fourth-order valence-electron chi connectivity index (χ4n) is 2.01. The Morgan fingerprint density at radius 3 is 2.70 bits per heavy atom. The molecule has 0 radical (unpaired) electrons. The molecule has 0 saturated carbocycles. The van der Waals surface area contributed by atoms with Crippen LogP contribution in [0.2, 0.25) is 0 Å². The van der Waals surface area contributed by atoms with E-state index in [1.165, 1.54) is 13.2 Å². The van der Waals surface area contributed by atoms with Crippen LogP contribution in [-0.2, 0) is 16.1 Å². The van der Waals surface area contributed by atoms with E-state index in [4.69, 9.17) is 9.47 Å². The van der Waals surface area contributed by atoms with E-state index in [0.717, 1.165) is 5.56 Å². The molecule has 4 nitrogen and oxygen atoms in total. The highest BCUT2D eigenvalue weighted by molar-refractivity contribution is 5.72. The van der Waals surface area contributed by atoms with Crippen LogP contribution in [0.25, 0.3) is 0 Å². The van der Waals surface area contributed by atoms with Crippen LogP contribution in [0, 0.1) is 11.7 Å². The summed E-state index contributed by atoms with van der Waals surface area (Å²) in [6.45, 7) is 5.12. The van der Waals surface area contributed by atoms with E-state index < -0.39 is 0 Å². The molecule has 0 spiro atoms. The molecule has 112 valence electrons. The minimum absolute atomic E-state index is 0.206. The van der Waals surface area contributed by atoms with Crippen molar-refractivity contribution in [1.82, 2.24) is 4.90 Å². The van der Waals surface area contributed by atoms with Crippen molar-refractivity contribution < 1.29 is 18.7 Å². The Kier molecular flexibility index (Phi) is 6.45. The first-order chi connectivity index (χ1) is 9.47. The fraction of sp³-hybridized carbons (Fsp3) is 0.533. The molecular formula is C15H22FNO3. The molecule has 0 aromatic heterocycles. The van der Waals surface area contributed by atoms with Gasteiger partial charge < -0.3 is 14.4 Å². The summed E-state index contributed by atoms with van der Waals surface area (Å²) in [6.07, 6.45) is 0. The second-order valence-corrected chi connectivity index (χ2v) is 4.82. The molecular weight excluding hydrogens is 261 g/mol. The Morgan fingerprint density at radius 2 is 2.15 bits per heavy atom. The maximum absolute atomic E-state index is 13.6. The molecule has 0 saturated heterocycles. The molecule has 1 aromatic carbocycles. The van der Waals surface area contributed by atoms with Crippen molar-refractivity contribution in [3.05, 3.63) is 29.6 Å². The second-order valence-electron chi connectivity index (χ2n) is 4.82. The van der Waals surface area contributed by atoms with Crippen LogP contribution < -0.4 is 4.74 Å². The SMILES string of the molecule is CCOC(=O)C(C)CN(C)Cc1ccc(OC)c(F)c1. The molecule has 1 atom stereocenters. The summed E-state index contributed by atoms with van der Waals surface area (Å²) >= 11 is 0. The zero-order valence-electron chi connectivity index (χ0n) is 12.5. The highest BCUT2D eigenvalue weighted by Gasteiger charge is 2.16. The molecule has 20 heavy (non-hydrogen) atoms. The number of methoxy groups -OCH3 is 1. The maximum Gasteiger partial charge on any atom is 0.309 e. The van der Waals surface area contributed by atoms with Gasteiger partial charge in [-0.3, -0.25) is 4.79 Å². The van der Waals surface area contributed by atoms with Crippen LogP contribution in [0.15, 0.2) is 18.2 Å². The standard InChI is InChI=1S/C15H22FNO3/c1-5-20-15(18)11(2)9-17(3)10-12-6-7-14(19-4)13(16)8-12/h6-8,11H,5,9-10H2,1-4H3. The van der Waals surface area contributed by atoms with Gasteiger partial charge in [-0.15, -0.1) is 0 Å². The molecule has 1 rings (SSSR count). The smallest absolute Gasteiger partial charge is 0.309 e. The number of nitrogens with zero attached hydrogens (tertiary/aromatic N) is 1. The zero-order valence-corrected chi connectivity index (χ0v) is 12.5. The Hall–Kier alpha value is -1.62. The number of hydrogen-bond acceptors (Lipinski definition) is 4. The second kappa shape index (κ2) is 7.85. The van der Waals surface area contributed by atoms with Crippen molar-refractivity contribution >= 4 is 5.97 Å². The summed E-state index contributed by atoms with van der Waals surface area (Å²) in [5.41, 5.74) is 0.835. The van der Waals surface area contributed by atoms with E-state index in [9.17, 15) is 9.18 Å². The highest BCUT2D eigenvalue weighted by atomic mass is 19.1. The molecule has 1 aromatic rings. The monoisotopic (exact) mass is 283 g/mol. The predicted octanol–water partition coefficient (Wildman–Crippen LogP) is 2.47. The third-order valence-electron chi connectivity index (χ3n) is 2.94. The van der Waals surface area contributed by atoms with Gasteiger partial charge in [0.25, 0.3) is 0 Å². The molecule has 0 amide bonds. The third-order valence-corrected chi connectivity index (χ3v) is 2.94. The Labute approximate surface area is 119 Å². The van der Waals surface area contributed by atoms with E-state index in [-0.39, 0.29) is 23.5 Å². The highest BCUT2D eigenvalue weighted by Crippen LogP contribution is 2.18. The number of rotatable bonds is 7. The topological polar surface area (TPSA) is 38.8 Å². The van der Waals surface area contributed by atoms with Crippen LogP contribution in [-0.4, -0.2) is 38.2 Å². The molecule has 0 aliphatic carbocycles. The summed E-state index contributed by atoms with van der Waals surface area (Å²) in [7, 11) is 3.32. The summed E-state index contributed by atoms with van der Waals surface area (Å²) in [6, 6.07) is 4.87. The van der Waals surface area contributed by atoms with Gasteiger partial charge in [-0.25, -0.2) is 4.39 Å². The molecule has 0 fully saturated rings. The number of carbonyl (C=O) groups is 1. The summed E-state index contributed by atoms with van der Waals surface area (Å²) < 4.78 is 23.4. The average molecular weight is 283 g/mol. The van der Waals surface area contributed by atoms with Gasteiger partial charge in [0.15, 0.2) is 11.6 Å². The number of benzene rings is 1. The zero-order chi connectivity index (χ0) is 15.1. The van der Waals surface area contributed by atoms with Crippen molar-refractivity contribution in [2.75, 3.05) is 27.3 Å². The molecule has 0 aliphatic rings. The lowest BCUT2D eigenvalue weighted by atomic mass is 10.1. The van der Waals surface area contributed by atoms with E-state index in [1.54, 1.807) is 13.0 Å². The van der Waals surface area contributed by atoms with Crippen LogP contribution in [0.1, 0.15) is 19.4 Å². The number of carbonyl (C=O) groups excluding carboxylic acids is 1. The van der Waals surface area contributed by atoms with Gasteiger partial charge in [0, 0.05) is 13.1 Å². The first-order valence-corrected chi connectivity index (χ1v) is 6.65. The van der Waals surface area contributed by atoms with E-state index >= 15 is 0 Å². The molecule has 1 unspecified atom stereocenters. The van der Waals surface area contributed by atoms with E-state index in [2.05, 4.69) is 0 Å². The van der Waals surface area contributed by atoms with Gasteiger partial charge >= 0.3 is 5.97 Å². The van der Waals surface area contributed by atoms with Crippen LogP contribution in [0.3, 0.4) is 0 Å².